The SMILES string of the molecule is CNc1ccccc1.Cc1cc(O)c(OCCCC(=O)Nc2cc(C(=O)Nc3ccc(-c4cc(C=O)n(C)c4)cc3)n(C)c2)cc1N=C[C@@H]1CCCCN1C=O. The first-order chi connectivity index (χ1) is 27.1. The summed E-state index contributed by atoms with van der Waals surface area (Å²) in [6, 6.07) is 24.0. The molecule has 1 aliphatic heterocycles. The lowest BCUT2D eigenvalue weighted by atomic mass is 10.0. The van der Waals surface area contributed by atoms with E-state index in [-0.39, 0.29) is 42.4 Å². The number of phenolic OH excluding ortho intramolecular Hbond substituents is 1. The lowest BCUT2D eigenvalue weighted by Gasteiger charge is -2.29. The highest BCUT2D eigenvalue weighted by Crippen LogP contribution is 2.34. The summed E-state index contributed by atoms with van der Waals surface area (Å²) in [7, 11) is 5.44. The molecular weight excluding hydrogens is 711 g/mol. The highest BCUT2D eigenvalue weighted by atomic mass is 16.5. The number of hydrogen-bond acceptors (Lipinski definition) is 8. The molecule has 3 aromatic carbocycles. The van der Waals surface area contributed by atoms with Gasteiger partial charge in [0, 0.05) is 75.7 Å². The summed E-state index contributed by atoms with van der Waals surface area (Å²) in [5, 5.41) is 19.1. The Morgan fingerprint density at radius 3 is 2.34 bits per heavy atom. The van der Waals surface area contributed by atoms with Crippen molar-refractivity contribution >= 4 is 53.5 Å². The lowest BCUT2D eigenvalue weighted by Crippen LogP contribution is -2.39. The van der Waals surface area contributed by atoms with Gasteiger partial charge in [0.1, 0.15) is 5.69 Å². The highest BCUT2D eigenvalue weighted by molar-refractivity contribution is 6.04. The normalized spacial score (nSPS) is 13.7. The molecule has 0 aliphatic carbocycles. The Hall–Kier alpha value is -6.63. The quantitative estimate of drug-likeness (QED) is 0.0524. The molecule has 1 saturated heterocycles. The van der Waals surface area contributed by atoms with Crippen molar-refractivity contribution < 1.29 is 29.0 Å². The number of phenols is 1. The number of likely N-dealkylation sites (tertiary alicyclic amines) is 1. The maximum absolute atomic E-state index is 13.0. The van der Waals surface area contributed by atoms with Crippen molar-refractivity contribution in [1.82, 2.24) is 14.0 Å². The Morgan fingerprint density at radius 1 is 0.893 bits per heavy atom. The standard InChI is InChI=1S/C36H40N6O6.C7H9N/c1-24-15-33(45)34(18-31(24)37-19-29-7-4-5-13-42(29)23-44)48-14-6-8-35(46)38-28-17-32(41(3)21-28)36(47)39-27-11-9-25(10-12-27)26-16-30(22-43)40(2)20-26;1-8-7-5-3-2-4-6-7/h9-12,15-23,29,45H,4-8,13-14H2,1-3H3,(H,38,46)(H,39,47);2-6,8H,1H3/t29-;/m0./s1. The van der Waals surface area contributed by atoms with Crippen LogP contribution in [-0.2, 0) is 23.7 Å². The average Bonchev–Trinajstić information content (AvgIpc) is 3.78. The number of aromatic hydroxyl groups is 1. The van der Waals surface area contributed by atoms with Gasteiger partial charge in [-0.15, -0.1) is 0 Å². The Morgan fingerprint density at radius 2 is 1.66 bits per heavy atom. The smallest absolute Gasteiger partial charge is 0.272 e. The lowest BCUT2D eigenvalue weighted by molar-refractivity contribution is -0.120. The van der Waals surface area contributed by atoms with E-state index in [0.717, 1.165) is 60.9 Å². The number of rotatable bonds is 14. The zero-order valence-corrected chi connectivity index (χ0v) is 32.2. The summed E-state index contributed by atoms with van der Waals surface area (Å²) in [4.78, 5) is 54.5. The minimum Gasteiger partial charge on any atom is -0.504 e. The van der Waals surface area contributed by atoms with Crippen molar-refractivity contribution in [2.45, 2.75) is 45.1 Å². The molecule has 292 valence electrons. The number of para-hydroxylation sites is 1. The number of carbonyl (C=O) groups is 4. The topological polar surface area (TPSA) is 159 Å². The van der Waals surface area contributed by atoms with Gasteiger partial charge in [0.25, 0.3) is 5.91 Å². The molecule has 4 N–H and O–H groups in total. The monoisotopic (exact) mass is 759 g/mol. The minimum atomic E-state index is -0.330. The number of hydrogen-bond donors (Lipinski definition) is 4. The van der Waals surface area contributed by atoms with Crippen molar-refractivity contribution in [2.24, 2.45) is 19.1 Å². The van der Waals surface area contributed by atoms with Crippen molar-refractivity contribution in [3.8, 4) is 22.6 Å². The molecule has 3 amide bonds. The molecular formula is C43H49N7O6. The van der Waals surface area contributed by atoms with Gasteiger partial charge in [-0.2, -0.15) is 0 Å². The van der Waals surface area contributed by atoms with Crippen LogP contribution < -0.4 is 20.7 Å². The fourth-order valence-electron chi connectivity index (χ4n) is 6.25. The number of aliphatic imine (C=N–C) groups is 1. The largest absolute Gasteiger partial charge is 0.504 e. The average molecular weight is 760 g/mol. The van der Waals surface area contributed by atoms with Gasteiger partial charge in [-0.1, -0.05) is 30.3 Å². The van der Waals surface area contributed by atoms with Crippen molar-refractivity contribution in [3.63, 3.8) is 0 Å². The molecule has 1 atom stereocenters. The van der Waals surface area contributed by atoms with Crippen molar-refractivity contribution in [2.75, 3.05) is 36.1 Å². The first-order valence-electron chi connectivity index (χ1n) is 18.5. The number of carbonyl (C=O) groups excluding carboxylic acids is 4. The Kier molecular flexibility index (Phi) is 14.2. The summed E-state index contributed by atoms with van der Waals surface area (Å²) in [6.07, 6.45) is 10.4. The van der Waals surface area contributed by atoms with E-state index in [2.05, 4.69) is 20.9 Å². The van der Waals surface area contributed by atoms with Gasteiger partial charge in [0.05, 0.1) is 29.7 Å². The third kappa shape index (κ3) is 11.0. The molecule has 56 heavy (non-hydrogen) atoms. The summed E-state index contributed by atoms with van der Waals surface area (Å²) in [5.74, 6) is -0.317. The second-order valence-electron chi connectivity index (χ2n) is 13.5. The summed E-state index contributed by atoms with van der Waals surface area (Å²) >= 11 is 0. The maximum Gasteiger partial charge on any atom is 0.272 e. The molecule has 0 saturated carbocycles. The number of aromatic nitrogens is 2. The first kappa shape index (κ1) is 40.6. The van der Waals surface area contributed by atoms with Crippen LogP contribution in [0.3, 0.4) is 0 Å². The van der Waals surface area contributed by atoms with Crippen molar-refractivity contribution in [1.29, 1.82) is 0 Å². The Balaban J connectivity index is 0.000000667. The molecule has 0 unspecified atom stereocenters. The third-order valence-electron chi connectivity index (χ3n) is 9.42. The number of amides is 3. The van der Waals surface area contributed by atoms with Crippen LogP contribution in [0.25, 0.3) is 11.1 Å². The van der Waals surface area contributed by atoms with Gasteiger partial charge in [0.2, 0.25) is 12.3 Å². The molecule has 5 aromatic rings. The second kappa shape index (κ2) is 19.6. The van der Waals surface area contributed by atoms with E-state index in [4.69, 9.17) is 4.74 Å². The number of nitrogens with one attached hydrogen (secondary N) is 3. The van der Waals surface area contributed by atoms with E-state index in [0.29, 0.717) is 34.9 Å². The van der Waals surface area contributed by atoms with Gasteiger partial charge >= 0.3 is 0 Å². The predicted octanol–water partition coefficient (Wildman–Crippen LogP) is 7.35. The number of anilines is 3. The highest BCUT2D eigenvalue weighted by Gasteiger charge is 2.19. The molecule has 3 heterocycles. The van der Waals surface area contributed by atoms with Gasteiger partial charge in [-0.3, -0.25) is 24.2 Å². The van der Waals surface area contributed by atoms with E-state index >= 15 is 0 Å². The van der Waals surface area contributed by atoms with E-state index in [1.54, 1.807) is 69.9 Å². The molecule has 2 aromatic heterocycles. The van der Waals surface area contributed by atoms with Gasteiger partial charge < -0.3 is 39.8 Å². The number of nitrogens with zero attached hydrogens (tertiary/aromatic N) is 4. The first-order valence-corrected chi connectivity index (χ1v) is 18.5. The zero-order chi connectivity index (χ0) is 40.0. The number of aryl methyl sites for hydroxylation is 3. The Labute approximate surface area is 327 Å². The number of benzene rings is 3. The molecule has 6 rings (SSSR count). The van der Waals surface area contributed by atoms with Crippen LogP contribution in [0.4, 0.5) is 22.7 Å². The molecule has 1 fully saturated rings. The summed E-state index contributed by atoms with van der Waals surface area (Å²) in [6.45, 7) is 2.75. The fraction of sp³-hybridized carbons (Fsp3) is 0.279. The number of piperidine rings is 1. The van der Waals surface area contributed by atoms with Crippen LogP contribution in [0.1, 0.15) is 58.6 Å². The van der Waals surface area contributed by atoms with Gasteiger partial charge in [-0.25, -0.2) is 0 Å². The molecule has 0 radical (unpaired) electrons. The molecule has 1 aliphatic rings. The van der Waals surface area contributed by atoms with E-state index in [9.17, 15) is 24.3 Å². The van der Waals surface area contributed by atoms with Crippen LogP contribution in [-0.4, -0.2) is 76.1 Å². The maximum atomic E-state index is 13.0. The van der Waals surface area contributed by atoms with Gasteiger partial charge in [-0.05, 0) is 86.2 Å². The van der Waals surface area contributed by atoms with E-state index in [1.807, 2.05) is 69.7 Å². The second-order valence-corrected chi connectivity index (χ2v) is 13.5. The van der Waals surface area contributed by atoms with Crippen LogP contribution in [0, 0.1) is 6.92 Å². The van der Waals surface area contributed by atoms with Crippen LogP contribution in [0.5, 0.6) is 11.5 Å². The molecule has 0 spiro atoms. The van der Waals surface area contributed by atoms with Crippen LogP contribution in [0.2, 0.25) is 0 Å². The van der Waals surface area contributed by atoms with Crippen LogP contribution >= 0.6 is 0 Å². The van der Waals surface area contributed by atoms with E-state index in [1.165, 1.54) is 0 Å². The Bertz CT molecular complexity index is 2140. The minimum absolute atomic E-state index is 0.0153. The van der Waals surface area contributed by atoms with Crippen molar-refractivity contribution in [3.05, 3.63) is 108 Å². The number of ether oxygens (including phenoxy) is 1. The van der Waals surface area contributed by atoms with E-state index < -0.39 is 0 Å². The third-order valence-corrected chi connectivity index (χ3v) is 9.42. The predicted molar refractivity (Wildman–Crippen MR) is 220 cm³/mol. The molecule has 13 nitrogen and oxygen atoms in total. The zero-order valence-electron chi connectivity index (χ0n) is 32.2. The number of aldehydes is 1. The van der Waals surface area contributed by atoms with Gasteiger partial charge in [0.15, 0.2) is 17.8 Å². The molecule has 0 bridgehead atoms. The summed E-state index contributed by atoms with van der Waals surface area (Å²) in [5.41, 5.74) is 6.43. The molecule has 13 heteroatoms. The van der Waals surface area contributed by atoms with Crippen LogP contribution in [0.15, 0.2) is 96.2 Å². The fourth-order valence-corrected chi connectivity index (χ4v) is 6.25. The summed E-state index contributed by atoms with van der Waals surface area (Å²) < 4.78 is 9.17.